The fourth-order valence-corrected chi connectivity index (χ4v) is 10.4. The summed E-state index contributed by atoms with van der Waals surface area (Å²) >= 11 is 0. The van der Waals surface area contributed by atoms with E-state index in [1.807, 2.05) is 54.6 Å². The zero-order valence-electron chi connectivity index (χ0n) is 34.8. The highest BCUT2D eigenvalue weighted by atomic mass is 15.1. The smallest absolute Gasteiger partial charge is 0.134 e. The van der Waals surface area contributed by atoms with Crippen molar-refractivity contribution < 1.29 is 0 Å². The molecule has 0 saturated heterocycles. The van der Waals surface area contributed by atoms with Gasteiger partial charge < -0.3 is 19.0 Å². The van der Waals surface area contributed by atoms with Crippen molar-refractivity contribution in [3.05, 3.63) is 228 Å². The van der Waals surface area contributed by atoms with Crippen LogP contribution in [0.4, 0.5) is 5.69 Å². The molecule has 0 amide bonds. The molecular weight excluding hydrogens is 795 g/mol. The van der Waals surface area contributed by atoms with Crippen LogP contribution in [0.3, 0.4) is 0 Å². The van der Waals surface area contributed by atoms with E-state index in [0.29, 0.717) is 17.0 Å². The summed E-state index contributed by atoms with van der Waals surface area (Å²) in [5, 5.41) is 32.0. The minimum absolute atomic E-state index is 0.421. The maximum absolute atomic E-state index is 11.1. The third kappa shape index (κ3) is 5.43. The SMILES string of the molecule is N#Cc1cc(C2NC(c3ccccc3)=Nc3cccc(C#N)c32)ccc1-n1c2ccc(-n3c4ccccc4c4ccccc43)cc2c2cc(-n3c4ccccc4c4ccccc43)ccc21. The highest BCUT2D eigenvalue weighted by molar-refractivity contribution is 6.14. The number of aliphatic imine (C=N–C) groups is 1. The molecule has 9 aromatic carbocycles. The first kappa shape index (κ1) is 36.5. The Bertz CT molecular complexity index is 3800. The Morgan fingerprint density at radius 1 is 0.415 bits per heavy atom. The fraction of sp³-hybridized carbons (Fsp3) is 0.0172. The van der Waals surface area contributed by atoms with Crippen molar-refractivity contribution in [1.82, 2.24) is 19.0 Å². The molecule has 0 aliphatic carbocycles. The summed E-state index contributed by atoms with van der Waals surface area (Å²) < 4.78 is 6.95. The lowest BCUT2D eigenvalue weighted by atomic mass is 9.90. The van der Waals surface area contributed by atoms with E-state index in [2.05, 4.69) is 177 Å². The summed E-state index contributed by atoms with van der Waals surface area (Å²) in [5.41, 5.74) is 13.8. The molecule has 302 valence electrons. The summed E-state index contributed by atoms with van der Waals surface area (Å²) in [6, 6.07) is 74.1. The molecule has 1 unspecified atom stereocenters. The van der Waals surface area contributed by atoms with Gasteiger partial charge in [-0.3, -0.25) is 0 Å². The number of aromatic nitrogens is 3. The number of nitrogens with zero attached hydrogens (tertiary/aromatic N) is 6. The monoisotopic (exact) mass is 829 g/mol. The predicted octanol–water partition coefficient (Wildman–Crippen LogP) is 13.5. The van der Waals surface area contributed by atoms with Gasteiger partial charge in [0.05, 0.1) is 67.7 Å². The van der Waals surface area contributed by atoms with Crippen molar-refractivity contribution in [2.75, 3.05) is 0 Å². The first-order chi connectivity index (χ1) is 32.2. The average Bonchev–Trinajstić information content (AvgIpc) is 4.01. The van der Waals surface area contributed by atoms with Gasteiger partial charge in [0.1, 0.15) is 11.9 Å². The molecule has 1 aliphatic rings. The number of fused-ring (bicyclic) bond motifs is 10. The van der Waals surface area contributed by atoms with Gasteiger partial charge in [-0.25, -0.2) is 4.99 Å². The van der Waals surface area contributed by atoms with Crippen molar-refractivity contribution >= 4 is 76.9 Å². The average molecular weight is 830 g/mol. The van der Waals surface area contributed by atoms with Gasteiger partial charge in [0.15, 0.2) is 0 Å². The molecule has 4 heterocycles. The van der Waals surface area contributed by atoms with E-state index in [9.17, 15) is 10.5 Å². The second kappa shape index (κ2) is 14.2. The quantitative estimate of drug-likeness (QED) is 0.187. The number of para-hydroxylation sites is 4. The highest BCUT2D eigenvalue weighted by Gasteiger charge is 2.28. The molecule has 13 rings (SSSR count). The summed E-state index contributed by atoms with van der Waals surface area (Å²) in [7, 11) is 0. The van der Waals surface area contributed by atoms with Crippen LogP contribution in [0.25, 0.3) is 82.5 Å². The topological polar surface area (TPSA) is 86.8 Å². The van der Waals surface area contributed by atoms with E-state index in [1.165, 1.54) is 21.5 Å². The number of nitrogens with one attached hydrogen (secondary N) is 1. The Labute approximate surface area is 373 Å². The van der Waals surface area contributed by atoms with Crippen LogP contribution >= 0.6 is 0 Å². The van der Waals surface area contributed by atoms with Crippen LogP contribution in [0.1, 0.15) is 33.9 Å². The minimum atomic E-state index is -0.421. The normalized spacial score (nSPS) is 13.6. The first-order valence-corrected chi connectivity index (χ1v) is 21.7. The van der Waals surface area contributed by atoms with E-state index in [-0.39, 0.29) is 0 Å². The van der Waals surface area contributed by atoms with Gasteiger partial charge in [0.25, 0.3) is 0 Å². The van der Waals surface area contributed by atoms with Crippen LogP contribution < -0.4 is 5.32 Å². The molecule has 0 spiro atoms. The second-order valence-electron chi connectivity index (χ2n) is 16.6. The summed E-state index contributed by atoms with van der Waals surface area (Å²) in [6.45, 7) is 0. The number of nitriles is 2. The van der Waals surface area contributed by atoms with E-state index in [1.54, 1.807) is 0 Å². The first-order valence-electron chi connectivity index (χ1n) is 21.7. The number of hydrogen-bond acceptors (Lipinski definition) is 4. The fourth-order valence-electron chi connectivity index (χ4n) is 10.4. The van der Waals surface area contributed by atoms with Crippen molar-refractivity contribution in [1.29, 1.82) is 10.5 Å². The zero-order chi connectivity index (χ0) is 43.2. The van der Waals surface area contributed by atoms with Crippen LogP contribution in [0, 0.1) is 22.7 Å². The molecule has 0 radical (unpaired) electrons. The van der Waals surface area contributed by atoms with Gasteiger partial charge in [-0.1, -0.05) is 115 Å². The van der Waals surface area contributed by atoms with Gasteiger partial charge >= 0.3 is 0 Å². The third-order valence-corrected chi connectivity index (χ3v) is 13.2. The van der Waals surface area contributed by atoms with Crippen LogP contribution in [0.2, 0.25) is 0 Å². The van der Waals surface area contributed by atoms with Crippen LogP contribution in [0.15, 0.2) is 205 Å². The van der Waals surface area contributed by atoms with Gasteiger partial charge in [-0.2, -0.15) is 10.5 Å². The number of benzene rings is 9. The summed E-state index contributed by atoms with van der Waals surface area (Å²) in [5.74, 6) is 0.710. The van der Waals surface area contributed by atoms with Crippen molar-refractivity contribution in [2.45, 2.75) is 6.04 Å². The molecule has 3 aromatic heterocycles. The Balaban J connectivity index is 1.04. The van der Waals surface area contributed by atoms with Crippen molar-refractivity contribution in [3.8, 4) is 29.2 Å². The summed E-state index contributed by atoms with van der Waals surface area (Å²) in [6.07, 6.45) is 0. The number of amidine groups is 1. The lowest BCUT2D eigenvalue weighted by Crippen LogP contribution is -2.33. The molecule has 65 heavy (non-hydrogen) atoms. The molecule has 7 nitrogen and oxygen atoms in total. The maximum atomic E-state index is 11.1. The van der Waals surface area contributed by atoms with Gasteiger partial charge in [0.2, 0.25) is 0 Å². The Morgan fingerprint density at radius 2 is 0.908 bits per heavy atom. The second-order valence-corrected chi connectivity index (χ2v) is 16.6. The van der Waals surface area contributed by atoms with E-state index < -0.39 is 6.04 Å². The Morgan fingerprint density at radius 3 is 1.43 bits per heavy atom. The van der Waals surface area contributed by atoms with Crippen LogP contribution in [-0.4, -0.2) is 19.5 Å². The Kier molecular flexibility index (Phi) is 7.96. The molecule has 1 aliphatic heterocycles. The van der Waals surface area contributed by atoms with E-state index >= 15 is 0 Å². The molecule has 7 heteroatoms. The number of rotatable bonds is 5. The zero-order valence-corrected chi connectivity index (χ0v) is 34.8. The Hall–Kier alpha value is -9.17. The third-order valence-electron chi connectivity index (χ3n) is 13.2. The molecule has 1 N–H and O–H groups in total. The van der Waals surface area contributed by atoms with Crippen molar-refractivity contribution in [3.63, 3.8) is 0 Å². The lowest BCUT2D eigenvalue weighted by molar-refractivity contribution is 0.746. The lowest BCUT2D eigenvalue weighted by Gasteiger charge is -2.29. The van der Waals surface area contributed by atoms with E-state index in [4.69, 9.17) is 4.99 Å². The van der Waals surface area contributed by atoms with E-state index in [0.717, 1.165) is 83.3 Å². The standard InChI is InChI=1S/C58H35N7/c59-34-38-15-12-20-48-56(38)57(62-58(61-48)36-13-2-1-3-14-36)37-25-28-49(39(31-37)35-60)65-54-29-26-40(63-50-21-8-4-16-42(50)43-17-5-9-22-51(43)63)32-46(54)47-33-41(27-30-55(47)65)64-52-23-10-6-18-44(52)45-19-7-11-24-53(45)64/h1-33,57H,(H,61,62). The van der Waals surface area contributed by atoms with Gasteiger partial charge in [-0.05, 0) is 90.5 Å². The maximum Gasteiger partial charge on any atom is 0.134 e. The molecule has 0 fully saturated rings. The van der Waals surface area contributed by atoms with Gasteiger partial charge in [0, 0.05) is 54.8 Å². The molecule has 12 aromatic rings. The predicted molar refractivity (Wildman–Crippen MR) is 263 cm³/mol. The molecule has 1 atom stereocenters. The molecule has 0 saturated carbocycles. The van der Waals surface area contributed by atoms with Crippen molar-refractivity contribution in [2.24, 2.45) is 4.99 Å². The number of hydrogen-bond donors (Lipinski definition) is 1. The molecular formula is C58H35N7. The summed E-state index contributed by atoms with van der Waals surface area (Å²) in [4.78, 5) is 4.97. The molecule has 0 bridgehead atoms. The largest absolute Gasteiger partial charge is 0.359 e. The van der Waals surface area contributed by atoms with Crippen LogP contribution in [-0.2, 0) is 0 Å². The van der Waals surface area contributed by atoms with Crippen LogP contribution in [0.5, 0.6) is 0 Å². The van der Waals surface area contributed by atoms with Gasteiger partial charge in [-0.15, -0.1) is 0 Å². The highest BCUT2D eigenvalue weighted by Crippen LogP contribution is 2.42. The minimum Gasteiger partial charge on any atom is -0.359 e.